The number of amides is 1. The molecule has 3 rings (SSSR count). The first-order valence-electron chi connectivity index (χ1n) is 7.48. The van der Waals surface area contributed by atoms with E-state index in [1.54, 1.807) is 12.1 Å². The molecule has 2 aromatic rings. The molecule has 1 aliphatic rings. The van der Waals surface area contributed by atoms with Gasteiger partial charge >= 0.3 is 0 Å². The number of carbonyl (C=O) groups is 2. The molecule has 140 valence electrons. The lowest BCUT2D eigenvalue weighted by molar-refractivity contribution is -0.394. The van der Waals surface area contributed by atoms with Crippen molar-refractivity contribution in [2.75, 3.05) is 0 Å². The topological polar surface area (TPSA) is 133 Å². The molecule has 0 fully saturated rings. The SMILES string of the molecule is O=C1C(Cl)=C(Cl)C(=NC(=O)c2ccc([N+](=O)[O-])cc2[N+](=O)[O-])c2ccccc21. The van der Waals surface area contributed by atoms with Crippen LogP contribution in [0.4, 0.5) is 11.4 Å². The van der Waals surface area contributed by atoms with Crippen LogP contribution in [0.1, 0.15) is 26.3 Å². The largest absolute Gasteiger partial charge is 0.289 e. The van der Waals surface area contributed by atoms with Gasteiger partial charge in [0, 0.05) is 17.2 Å². The van der Waals surface area contributed by atoms with Crippen molar-refractivity contribution < 1.29 is 19.4 Å². The van der Waals surface area contributed by atoms with Gasteiger partial charge in [-0.05, 0) is 6.07 Å². The second-order valence-electron chi connectivity index (χ2n) is 5.48. The predicted molar refractivity (Wildman–Crippen MR) is 100 cm³/mol. The number of nitro groups is 2. The Bertz CT molecular complexity index is 1140. The summed E-state index contributed by atoms with van der Waals surface area (Å²) in [5.41, 5.74) is -1.53. The highest BCUT2D eigenvalue weighted by molar-refractivity contribution is 6.60. The monoisotopic (exact) mass is 419 g/mol. The number of rotatable bonds is 3. The van der Waals surface area contributed by atoms with Gasteiger partial charge in [-0.2, -0.15) is 0 Å². The van der Waals surface area contributed by atoms with E-state index in [4.69, 9.17) is 23.2 Å². The molecule has 28 heavy (non-hydrogen) atoms. The van der Waals surface area contributed by atoms with Crippen molar-refractivity contribution in [1.82, 2.24) is 0 Å². The number of nitrogens with zero attached hydrogens (tertiary/aromatic N) is 3. The van der Waals surface area contributed by atoms with Crippen LogP contribution in [-0.2, 0) is 0 Å². The minimum Gasteiger partial charge on any atom is -0.288 e. The molecule has 9 nitrogen and oxygen atoms in total. The number of nitro benzene ring substituents is 2. The summed E-state index contributed by atoms with van der Waals surface area (Å²) in [6.07, 6.45) is 0. The minimum absolute atomic E-state index is 0.125. The molecule has 0 radical (unpaired) electrons. The zero-order valence-corrected chi connectivity index (χ0v) is 15.1. The summed E-state index contributed by atoms with van der Waals surface area (Å²) in [6.45, 7) is 0. The van der Waals surface area contributed by atoms with E-state index in [1.807, 2.05) is 0 Å². The molecule has 0 saturated heterocycles. The first-order chi connectivity index (χ1) is 13.2. The fourth-order valence-electron chi connectivity index (χ4n) is 2.56. The Kier molecular flexibility index (Phi) is 5.04. The van der Waals surface area contributed by atoms with Crippen LogP contribution < -0.4 is 0 Å². The molecule has 0 aliphatic heterocycles. The van der Waals surface area contributed by atoms with Gasteiger partial charge < -0.3 is 0 Å². The molecule has 0 saturated carbocycles. The number of hydrogen-bond donors (Lipinski definition) is 0. The second-order valence-corrected chi connectivity index (χ2v) is 6.24. The van der Waals surface area contributed by atoms with Gasteiger partial charge in [-0.25, -0.2) is 4.99 Å². The van der Waals surface area contributed by atoms with Crippen LogP contribution >= 0.6 is 23.2 Å². The highest BCUT2D eigenvalue weighted by atomic mass is 35.5. The summed E-state index contributed by atoms with van der Waals surface area (Å²) in [5, 5.41) is 21.4. The van der Waals surface area contributed by atoms with Gasteiger partial charge in [0.25, 0.3) is 17.3 Å². The summed E-state index contributed by atoms with van der Waals surface area (Å²) in [5.74, 6) is -1.61. The molecule has 1 amide bonds. The number of allylic oxidation sites excluding steroid dienone is 2. The van der Waals surface area contributed by atoms with E-state index in [1.165, 1.54) is 12.1 Å². The molecule has 0 unspecified atom stereocenters. The van der Waals surface area contributed by atoms with Crippen molar-refractivity contribution in [2.24, 2.45) is 4.99 Å². The average Bonchev–Trinajstić information content (AvgIpc) is 2.68. The Morgan fingerprint density at radius 3 is 2.18 bits per heavy atom. The van der Waals surface area contributed by atoms with Crippen molar-refractivity contribution in [3.63, 3.8) is 0 Å². The number of carbonyl (C=O) groups excluding carboxylic acids is 2. The molecule has 0 N–H and O–H groups in total. The van der Waals surface area contributed by atoms with Crippen molar-refractivity contribution in [2.45, 2.75) is 0 Å². The fourth-order valence-corrected chi connectivity index (χ4v) is 2.99. The Balaban J connectivity index is 2.16. The van der Waals surface area contributed by atoms with Crippen molar-refractivity contribution in [3.8, 4) is 0 Å². The lowest BCUT2D eigenvalue weighted by Crippen LogP contribution is -2.19. The molecule has 0 bridgehead atoms. The molecule has 0 heterocycles. The van der Waals surface area contributed by atoms with E-state index < -0.39 is 38.5 Å². The first kappa shape index (κ1) is 19.3. The van der Waals surface area contributed by atoms with Crippen LogP contribution in [-0.4, -0.2) is 27.2 Å². The first-order valence-corrected chi connectivity index (χ1v) is 8.23. The standard InChI is InChI=1S/C17H7Cl2N3O6/c18-13-14(19)16(23)10-4-2-1-3-9(10)15(13)20-17(24)11-6-5-8(21(25)26)7-12(11)22(27)28/h1-7H. The molecule has 0 aromatic heterocycles. The van der Waals surface area contributed by atoms with E-state index in [0.717, 1.165) is 12.1 Å². The van der Waals surface area contributed by atoms with Crippen molar-refractivity contribution in [3.05, 3.63) is 89.4 Å². The third-order valence-corrected chi connectivity index (χ3v) is 4.68. The Labute approximate surface area is 166 Å². The normalized spacial score (nSPS) is 14.8. The molecule has 1 aliphatic carbocycles. The van der Waals surface area contributed by atoms with Crippen molar-refractivity contribution in [1.29, 1.82) is 0 Å². The molecule has 0 spiro atoms. The number of hydrogen-bond acceptors (Lipinski definition) is 6. The third kappa shape index (κ3) is 3.28. The zero-order chi connectivity index (χ0) is 20.6. The number of aliphatic imine (C=N–C) groups is 1. The van der Waals surface area contributed by atoms with Gasteiger partial charge in [0.05, 0.1) is 26.7 Å². The van der Waals surface area contributed by atoms with Gasteiger partial charge in [0.15, 0.2) is 0 Å². The predicted octanol–water partition coefficient (Wildman–Crippen LogP) is 4.02. The minimum atomic E-state index is -1.07. The van der Waals surface area contributed by atoms with Crippen LogP contribution in [0.15, 0.2) is 57.5 Å². The third-order valence-electron chi connectivity index (χ3n) is 3.86. The summed E-state index contributed by atoms with van der Waals surface area (Å²) >= 11 is 12.0. The molecule has 2 aromatic carbocycles. The van der Waals surface area contributed by atoms with E-state index in [-0.39, 0.29) is 26.9 Å². The number of ketones is 1. The second kappa shape index (κ2) is 7.29. The van der Waals surface area contributed by atoms with Crippen LogP contribution in [0, 0.1) is 20.2 Å². The maximum Gasteiger partial charge on any atom is 0.289 e. The molecular formula is C17H7Cl2N3O6. The lowest BCUT2D eigenvalue weighted by Gasteiger charge is -2.16. The quantitative estimate of drug-likeness (QED) is 0.544. The van der Waals surface area contributed by atoms with Gasteiger partial charge in [0.1, 0.15) is 10.6 Å². The average molecular weight is 420 g/mol. The number of non-ortho nitro benzene ring substituents is 1. The van der Waals surface area contributed by atoms with E-state index in [9.17, 15) is 29.8 Å². The fraction of sp³-hybridized carbons (Fsp3) is 0. The highest BCUT2D eigenvalue weighted by Gasteiger charge is 2.31. The summed E-state index contributed by atoms with van der Waals surface area (Å²) in [4.78, 5) is 48.9. The molecule has 11 heteroatoms. The number of fused-ring (bicyclic) bond motifs is 1. The highest BCUT2D eigenvalue weighted by Crippen LogP contribution is 2.32. The summed E-state index contributed by atoms with van der Waals surface area (Å²) in [6, 6.07) is 8.68. The Morgan fingerprint density at radius 1 is 0.929 bits per heavy atom. The van der Waals surface area contributed by atoms with Crippen LogP contribution in [0.2, 0.25) is 0 Å². The van der Waals surface area contributed by atoms with Gasteiger partial charge in [-0.3, -0.25) is 29.8 Å². The lowest BCUT2D eigenvalue weighted by atomic mass is 9.94. The molecular weight excluding hydrogens is 413 g/mol. The van der Waals surface area contributed by atoms with Crippen LogP contribution in [0.5, 0.6) is 0 Å². The smallest absolute Gasteiger partial charge is 0.288 e. The maximum absolute atomic E-state index is 12.6. The van der Waals surface area contributed by atoms with E-state index >= 15 is 0 Å². The van der Waals surface area contributed by atoms with E-state index in [2.05, 4.69) is 4.99 Å². The number of Topliss-reactive ketones (excluding diaryl/α,β-unsaturated/α-hetero) is 1. The summed E-state index contributed by atoms with van der Waals surface area (Å²) < 4.78 is 0. The van der Waals surface area contributed by atoms with Crippen molar-refractivity contribution >= 4 is 52.0 Å². The van der Waals surface area contributed by atoms with E-state index in [0.29, 0.717) is 6.07 Å². The van der Waals surface area contributed by atoms with Crippen LogP contribution in [0.25, 0.3) is 0 Å². The van der Waals surface area contributed by atoms with Gasteiger partial charge in [0.2, 0.25) is 5.78 Å². The zero-order valence-electron chi connectivity index (χ0n) is 13.6. The van der Waals surface area contributed by atoms with Gasteiger partial charge in [-0.1, -0.05) is 47.5 Å². The maximum atomic E-state index is 12.6. The number of benzene rings is 2. The number of halogens is 2. The van der Waals surface area contributed by atoms with Crippen LogP contribution in [0.3, 0.4) is 0 Å². The summed E-state index contributed by atoms with van der Waals surface area (Å²) in [7, 11) is 0. The Morgan fingerprint density at radius 2 is 1.57 bits per heavy atom. The van der Waals surface area contributed by atoms with Gasteiger partial charge in [-0.15, -0.1) is 0 Å². The Hall–Kier alpha value is -3.43. The molecule has 0 atom stereocenters.